The quantitative estimate of drug-likeness (QED) is 0.153. The zero-order valence-corrected chi connectivity index (χ0v) is 18.1. The third kappa shape index (κ3) is 227000. The first kappa shape index (κ1) is 63.0. The van der Waals surface area contributed by atoms with E-state index in [0.29, 0.717) is 6.42 Å². The molecule has 0 aromatic carbocycles. The average molecular weight is 530 g/mol. The molecule has 210 valence electrons. The van der Waals surface area contributed by atoms with Crippen LogP contribution >= 0.6 is 0 Å². The summed E-state index contributed by atoms with van der Waals surface area (Å²) in [4.78, 5) is 85.1. The minimum Gasteiger partial charge on any atom is -0.483 e. The van der Waals surface area contributed by atoms with Crippen molar-refractivity contribution >= 4 is 64.2 Å². The summed E-state index contributed by atoms with van der Waals surface area (Å²) in [6, 6.07) is 0. The first-order valence-corrected chi connectivity index (χ1v) is 7.43. The van der Waals surface area contributed by atoms with E-state index in [9.17, 15) is 4.79 Å². The predicted molar refractivity (Wildman–Crippen MR) is 110 cm³/mol. The van der Waals surface area contributed by atoms with E-state index in [1.165, 1.54) is 0 Å². The van der Waals surface area contributed by atoms with Gasteiger partial charge in [-0.25, -0.2) is 0 Å². The Balaban J connectivity index is -0.0000000257. The zero-order chi connectivity index (χ0) is 30.8. The molecular formula is C15H30O20. The van der Waals surface area contributed by atoms with E-state index in [1.807, 2.05) is 0 Å². The molecule has 0 aromatic rings. The molecule has 0 aliphatic rings. The monoisotopic (exact) mass is 530 g/mol. The van der Waals surface area contributed by atoms with Gasteiger partial charge in [0.2, 0.25) is 0 Å². The number of carbonyl (C=O) groups is 10. The molecular weight excluding hydrogens is 500 g/mol. The van der Waals surface area contributed by atoms with Crippen LogP contribution in [0.25, 0.3) is 0 Å². The van der Waals surface area contributed by atoms with Crippen molar-refractivity contribution < 1.29 is 99.0 Å². The largest absolute Gasteiger partial charge is 0.483 e. The van der Waals surface area contributed by atoms with Crippen LogP contribution in [0.3, 0.4) is 0 Å². The molecule has 0 heterocycles. The van der Waals surface area contributed by atoms with Crippen molar-refractivity contribution in [1.29, 1.82) is 0 Å². The topological polar surface area (TPSA) is 373 Å². The standard InChI is InChI=1S/C6H12O2.9CH2O2/c1-2-3-4-5-6(7)8;9*2-1-3/h2-5H2,1H3,(H,7,8);9*1H,(H,2,3). The Morgan fingerprint density at radius 3 is 0.686 bits per heavy atom. The second-order valence-electron chi connectivity index (χ2n) is 2.80. The van der Waals surface area contributed by atoms with Gasteiger partial charge in [-0.2, -0.15) is 0 Å². The highest BCUT2D eigenvalue weighted by Crippen LogP contribution is 1.97. The van der Waals surface area contributed by atoms with Crippen molar-refractivity contribution in [2.45, 2.75) is 32.6 Å². The maximum atomic E-state index is 9.87. The van der Waals surface area contributed by atoms with Gasteiger partial charge >= 0.3 is 5.97 Å². The average Bonchev–Trinajstić information content (AvgIpc) is 2.73. The molecule has 0 aromatic heterocycles. The molecule has 0 atom stereocenters. The number of hydrogen-bond acceptors (Lipinski definition) is 10. The Labute approximate surface area is 196 Å². The van der Waals surface area contributed by atoms with Gasteiger partial charge in [0.05, 0.1) is 0 Å². The van der Waals surface area contributed by atoms with Gasteiger partial charge in [-0.15, -0.1) is 0 Å². The number of rotatable bonds is 4. The van der Waals surface area contributed by atoms with Crippen molar-refractivity contribution in [2.24, 2.45) is 0 Å². The van der Waals surface area contributed by atoms with Crippen LogP contribution in [0.4, 0.5) is 0 Å². The molecule has 0 spiro atoms. The second-order valence-corrected chi connectivity index (χ2v) is 2.80. The molecule has 0 saturated heterocycles. The van der Waals surface area contributed by atoms with Crippen LogP contribution in [0.15, 0.2) is 0 Å². The highest BCUT2D eigenvalue weighted by atomic mass is 16.4. The predicted octanol–water partition coefficient (Wildman–Crippen LogP) is -1.04. The Bertz CT molecular complexity index is 312. The van der Waals surface area contributed by atoms with Gasteiger partial charge in [-0.1, -0.05) is 19.8 Å². The number of aliphatic carboxylic acids is 1. The summed E-state index contributed by atoms with van der Waals surface area (Å²) in [6.45, 7) is -0.193. The Hall–Kier alpha value is -5.30. The maximum Gasteiger partial charge on any atom is 0.303 e. The van der Waals surface area contributed by atoms with Crippen molar-refractivity contribution in [3.8, 4) is 0 Å². The van der Waals surface area contributed by atoms with Crippen molar-refractivity contribution in [1.82, 2.24) is 0 Å². The minimum absolute atomic E-state index is 0.250. The fraction of sp³-hybridized carbons (Fsp3) is 0.333. The second kappa shape index (κ2) is 192. The molecule has 10 N–H and O–H groups in total. The van der Waals surface area contributed by atoms with Crippen LogP contribution in [-0.2, 0) is 47.9 Å². The minimum atomic E-state index is -0.682. The lowest BCUT2D eigenvalue weighted by Gasteiger charge is -1.89. The number of carboxylic acids is 1. The summed E-state index contributed by atoms with van der Waals surface area (Å²) in [6.07, 6.45) is 3.28. The lowest BCUT2D eigenvalue weighted by Crippen LogP contribution is -1.92. The molecule has 0 aliphatic carbocycles. The smallest absolute Gasteiger partial charge is 0.303 e. The van der Waals surface area contributed by atoms with Crippen LogP contribution in [0, 0.1) is 0 Å². The molecule has 35 heavy (non-hydrogen) atoms. The Kier molecular flexibility index (Phi) is 346. The molecule has 20 nitrogen and oxygen atoms in total. The molecule has 20 heteroatoms. The van der Waals surface area contributed by atoms with Crippen LogP contribution in [0.5, 0.6) is 0 Å². The summed E-state index contributed by atoms with van der Waals surface area (Å²) in [5.41, 5.74) is 0. The van der Waals surface area contributed by atoms with Crippen molar-refractivity contribution in [3.63, 3.8) is 0 Å². The van der Waals surface area contributed by atoms with E-state index >= 15 is 0 Å². The Morgan fingerprint density at radius 1 is 0.457 bits per heavy atom. The molecule has 0 rings (SSSR count). The zero-order valence-electron chi connectivity index (χ0n) is 18.1. The van der Waals surface area contributed by atoms with Gasteiger partial charge in [-0.05, 0) is 6.42 Å². The van der Waals surface area contributed by atoms with E-state index in [0.717, 1.165) is 19.3 Å². The first-order chi connectivity index (χ1) is 16.5. The van der Waals surface area contributed by atoms with Crippen LogP contribution < -0.4 is 0 Å². The summed E-state index contributed by atoms with van der Waals surface area (Å²) in [7, 11) is 0. The molecule has 0 amide bonds. The van der Waals surface area contributed by atoms with Gasteiger partial charge in [0.15, 0.2) is 0 Å². The van der Waals surface area contributed by atoms with Crippen molar-refractivity contribution in [3.05, 3.63) is 0 Å². The summed E-state index contributed by atoms with van der Waals surface area (Å²) < 4.78 is 0. The van der Waals surface area contributed by atoms with E-state index < -0.39 is 5.97 Å². The number of carboxylic acid groups (broad SMARTS) is 10. The van der Waals surface area contributed by atoms with Crippen LogP contribution in [0.1, 0.15) is 32.6 Å². The normalized spacial score (nSPS) is 5.17. The first-order valence-electron chi connectivity index (χ1n) is 7.43. The highest BCUT2D eigenvalue weighted by Gasteiger charge is 1.92. The van der Waals surface area contributed by atoms with Crippen molar-refractivity contribution in [2.75, 3.05) is 0 Å². The summed E-state index contributed by atoms with van der Waals surface area (Å²) >= 11 is 0. The van der Waals surface area contributed by atoms with Gasteiger partial charge in [-0.3, -0.25) is 47.9 Å². The van der Waals surface area contributed by atoms with Crippen LogP contribution in [0.2, 0.25) is 0 Å². The number of unbranched alkanes of at least 4 members (excludes halogenated alkanes) is 2. The van der Waals surface area contributed by atoms with E-state index in [2.05, 4.69) is 6.92 Å². The van der Waals surface area contributed by atoms with E-state index in [4.69, 9.17) is 94.2 Å². The van der Waals surface area contributed by atoms with Gasteiger partial charge in [0, 0.05) is 6.42 Å². The fourth-order valence-electron chi connectivity index (χ4n) is 0.526. The molecule has 0 radical (unpaired) electrons. The SMILES string of the molecule is CCCCCC(=O)O.O=CO.O=CO.O=CO.O=CO.O=CO.O=CO.O=CO.O=CO.O=CO. The Morgan fingerprint density at radius 2 is 0.600 bits per heavy atom. The van der Waals surface area contributed by atoms with E-state index in [1.54, 1.807) is 0 Å². The maximum absolute atomic E-state index is 9.87. The lowest BCUT2D eigenvalue weighted by atomic mass is 10.2. The number of hydrogen-bond donors (Lipinski definition) is 10. The molecule has 0 fully saturated rings. The van der Waals surface area contributed by atoms with Gasteiger partial charge in [0.25, 0.3) is 58.2 Å². The summed E-state index contributed by atoms with van der Waals surface area (Å²) in [5, 5.41) is 70.1. The third-order valence-electron chi connectivity index (χ3n) is 0.994. The lowest BCUT2D eigenvalue weighted by molar-refractivity contribution is -0.137. The van der Waals surface area contributed by atoms with Gasteiger partial charge in [0.1, 0.15) is 0 Å². The summed E-state index contributed by atoms with van der Waals surface area (Å²) in [5.74, 6) is -0.682. The molecule has 0 bridgehead atoms. The molecule has 0 unspecified atom stereocenters. The van der Waals surface area contributed by atoms with Crippen LogP contribution in [-0.4, -0.2) is 115 Å². The van der Waals surface area contributed by atoms with Gasteiger partial charge < -0.3 is 51.1 Å². The fourth-order valence-corrected chi connectivity index (χ4v) is 0.526. The molecule has 0 saturated carbocycles. The van der Waals surface area contributed by atoms with E-state index in [-0.39, 0.29) is 58.2 Å². The molecule has 0 aliphatic heterocycles. The third-order valence-corrected chi connectivity index (χ3v) is 0.994. The highest BCUT2D eigenvalue weighted by molar-refractivity contribution is 5.66.